The zero-order valence-corrected chi connectivity index (χ0v) is 9.48. The number of rotatable bonds is 4. The van der Waals surface area contributed by atoms with Gasteiger partial charge in [-0.25, -0.2) is 0 Å². The van der Waals surface area contributed by atoms with E-state index in [4.69, 9.17) is 5.11 Å². The second-order valence-electron chi connectivity index (χ2n) is 4.09. The van der Waals surface area contributed by atoms with Crippen LogP contribution in [0.3, 0.4) is 0 Å². The Kier molecular flexibility index (Phi) is 6.14. The first-order chi connectivity index (χ1) is 5.56. The van der Waals surface area contributed by atoms with Crippen molar-refractivity contribution in [2.45, 2.75) is 45.3 Å². The van der Waals surface area contributed by atoms with Crippen LogP contribution in [-0.2, 0) is 0 Å². The summed E-state index contributed by atoms with van der Waals surface area (Å²) in [4.78, 5) is 0. The lowest BCUT2D eigenvalue weighted by molar-refractivity contribution is 0.283. The minimum atomic E-state index is -1.14. The third-order valence-electron chi connectivity index (χ3n) is 1.42. The maximum atomic E-state index is 8.52. The molecule has 12 heavy (non-hydrogen) atoms. The lowest BCUT2D eigenvalue weighted by atomic mass is 10.2. The average molecular weight is 184 g/mol. The molecule has 0 aliphatic carbocycles. The van der Waals surface area contributed by atoms with Crippen molar-refractivity contribution < 1.29 is 5.11 Å². The third-order valence-corrected chi connectivity index (χ3v) is 2.35. The SMILES string of the molecule is C[Si](C)(C)C#CCCCCCO. The van der Waals surface area contributed by atoms with Crippen LogP contribution in [0.15, 0.2) is 0 Å². The molecule has 0 unspecified atom stereocenters. The highest BCUT2D eigenvalue weighted by molar-refractivity contribution is 6.83. The Labute approximate surface area is 77.2 Å². The summed E-state index contributed by atoms with van der Waals surface area (Å²) >= 11 is 0. The van der Waals surface area contributed by atoms with E-state index in [1.54, 1.807) is 0 Å². The van der Waals surface area contributed by atoms with Gasteiger partial charge in [0.15, 0.2) is 0 Å². The highest BCUT2D eigenvalue weighted by Gasteiger charge is 2.06. The molecule has 0 amide bonds. The first-order valence-corrected chi connectivity index (χ1v) is 8.17. The van der Waals surface area contributed by atoms with Crippen molar-refractivity contribution in [2.75, 3.05) is 6.61 Å². The highest BCUT2D eigenvalue weighted by Crippen LogP contribution is 2.00. The highest BCUT2D eigenvalue weighted by atomic mass is 28.3. The summed E-state index contributed by atoms with van der Waals surface area (Å²) in [6.07, 6.45) is 4.17. The summed E-state index contributed by atoms with van der Waals surface area (Å²) in [5.74, 6) is 3.21. The number of aliphatic hydroxyl groups is 1. The van der Waals surface area contributed by atoms with Gasteiger partial charge in [0, 0.05) is 13.0 Å². The fraction of sp³-hybridized carbons (Fsp3) is 0.800. The topological polar surface area (TPSA) is 20.2 Å². The van der Waals surface area contributed by atoms with E-state index in [9.17, 15) is 0 Å². The van der Waals surface area contributed by atoms with E-state index in [-0.39, 0.29) is 0 Å². The largest absolute Gasteiger partial charge is 0.396 e. The molecule has 0 aliphatic rings. The molecule has 0 aliphatic heterocycles. The molecule has 0 saturated carbocycles. The van der Waals surface area contributed by atoms with Crippen molar-refractivity contribution in [3.8, 4) is 11.5 Å². The van der Waals surface area contributed by atoms with E-state index in [0.29, 0.717) is 6.61 Å². The minimum Gasteiger partial charge on any atom is -0.396 e. The van der Waals surface area contributed by atoms with Crippen LogP contribution in [-0.4, -0.2) is 19.8 Å². The summed E-state index contributed by atoms with van der Waals surface area (Å²) in [5.41, 5.74) is 3.33. The van der Waals surface area contributed by atoms with Crippen LogP contribution >= 0.6 is 0 Å². The van der Waals surface area contributed by atoms with Crippen LogP contribution in [0.1, 0.15) is 25.7 Å². The standard InChI is InChI=1S/C10H20OSi/c1-12(2,3)10-8-6-4-5-7-9-11/h11H,4-7,9H2,1-3H3. The van der Waals surface area contributed by atoms with Gasteiger partial charge in [0.1, 0.15) is 8.07 Å². The van der Waals surface area contributed by atoms with Crippen LogP contribution in [0.25, 0.3) is 0 Å². The summed E-state index contributed by atoms with van der Waals surface area (Å²) in [7, 11) is -1.14. The van der Waals surface area contributed by atoms with Gasteiger partial charge in [-0.2, -0.15) is 0 Å². The molecule has 0 saturated heterocycles. The van der Waals surface area contributed by atoms with Crippen molar-refractivity contribution >= 4 is 8.07 Å². The molecule has 0 aromatic carbocycles. The average Bonchev–Trinajstić information content (AvgIpc) is 1.94. The van der Waals surface area contributed by atoms with Crippen molar-refractivity contribution in [3.05, 3.63) is 0 Å². The molecule has 0 fully saturated rings. The minimum absolute atomic E-state index is 0.321. The van der Waals surface area contributed by atoms with Crippen molar-refractivity contribution in [3.63, 3.8) is 0 Å². The second-order valence-corrected chi connectivity index (χ2v) is 8.84. The van der Waals surface area contributed by atoms with E-state index in [0.717, 1.165) is 25.7 Å². The van der Waals surface area contributed by atoms with Crippen molar-refractivity contribution in [2.24, 2.45) is 0 Å². The molecule has 0 spiro atoms. The maximum Gasteiger partial charge on any atom is 0.129 e. The molecule has 0 atom stereocenters. The summed E-state index contributed by atoms with van der Waals surface area (Å²) in [6, 6.07) is 0. The summed E-state index contributed by atoms with van der Waals surface area (Å²) < 4.78 is 0. The number of hydrogen-bond acceptors (Lipinski definition) is 1. The quantitative estimate of drug-likeness (QED) is 0.404. The zero-order chi connectivity index (χ0) is 9.45. The Morgan fingerprint density at radius 2 is 1.75 bits per heavy atom. The zero-order valence-electron chi connectivity index (χ0n) is 8.48. The first-order valence-electron chi connectivity index (χ1n) is 4.67. The fourth-order valence-corrected chi connectivity index (χ4v) is 1.48. The fourth-order valence-electron chi connectivity index (χ4n) is 0.830. The summed E-state index contributed by atoms with van der Waals surface area (Å²) in [6.45, 7) is 7.09. The molecule has 0 aromatic heterocycles. The van der Waals surface area contributed by atoms with Gasteiger partial charge >= 0.3 is 0 Å². The van der Waals surface area contributed by atoms with Gasteiger partial charge in [-0.1, -0.05) is 26.1 Å². The third kappa shape index (κ3) is 9.74. The predicted octanol–water partition coefficient (Wildman–Crippen LogP) is 2.42. The molecule has 0 rings (SSSR count). The van der Waals surface area contributed by atoms with Gasteiger partial charge in [0.2, 0.25) is 0 Å². The first kappa shape index (κ1) is 11.7. The van der Waals surface area contributed by atoms with E-state index >= 15 is 0 Å². The van der Waals surface area contributed by atoms with Crippen LogP contribution in [0.2, 0.25) is 19.6 Å². The summed E-state index contributed by atoms with van der Waals surface area (Å²) in [5, 5.41) is 8.52. The molecular formula is C10H20OSi. The molecule has 0 bridgehead atoms. The molecular weight excluding hydrogens is 164 g/mol. The smallest absolute Gasteiger partial charge is 0.129 e. The van der Waals surface area contributed by atoms with E-state index in [2.05, 4.69) is 31.1 Å². The van der Waals surface area contributed by atoms with Gasteiger partial charge < -0.3 is 5.11 Å². The van der Waals surface area contributed by atoms with Gasteiger partial charge in [-0.15, -0.1) is 11.5 Å². The van der Waals surface area contributed by atoms with E-state index in [1.807, 2.05) is 0 Å². The Morgan fingerprint density at radius 3 is 2.25 bits per heavy atom. The molecule has 0 radical (unpaired) electrons. The van der Waals surface area contributed by atoms with Gasteiger partial charge in [0.05, 0.1) is 0 Å². The predicted molar refractivity (Wildman–Crippen MR) is 56.7 cm³/mol. The van der Waals surface area contributed by atoms with Crippen molar-refractivity contribution in [1.82, 2.24) is 0 Å². The molecule has 1 N–H and O–H groups in total. The Bertz CT molecular complexity index is 159. The van der Waals surface area contributed by atoms with E-state index in [1.165, 1.54) is 0 Å². The van der Waals surface area contributed by atoms with Crippen LogP contribution in [0, 0.1) is 11.5 Å². The van der Waals surface area contributed by atoms with Crippen LogP contribution in [0.5, 0.6) is 0 Å². The molecule has 0 aromatic rings. The van der Waals surface area contributed by atoms with Gasteiger partial charge in [-0.3, -0.25) is 0 Å². The normalized spacial score (nSPS) is 10.7. The van der Waals surface area contributed by atoms with Gasteiger partial charge in [0.25, 0.3) is 0 Å². The van der Waals surface area contributed by atoms with Crippen LogP contribution < -0.4 is 0 Å². The number of unbranched alkanes of at least 4 members (excludes halogenated alkanes) is 3. The Morgan fingerprint density at radius 1 is 1.08 bits per heavy atom. The maximum absolute atomic E-state index is 8.52. The molecule has 70 valence electrons. The van der Waals surface area contributed by atoms with Crippen molar-refractivity contribution in [1.29, 1.82) is 0 Å². The second kappa shape index (κ2) is 6.27. The lowest BCUT2D eigenvalue weighted by Crippen LogP contribution is -2.16. The monoisotopic (exact) mass is 184 g/mol. The van der Waals surface area contributed by atoms with Crippen LogP contribution in [0.4, 0.5) is 0 Å². The van der Waals surface area contributed by atoms with Gasteiger partial charge in [-0.05, 0) is 12.8 Å². The van der Waals surface area contributed by atoms with E-state index < -0.39 is 8.07 Å². The molecule has 0 heterocycles. The Hall–Kier alpha value is -0.263. The Balaban J connectivity index is 3.34. The lowest BCUT2D eigenvalue weighted by Gasteiger charge is -2.03. The number of hydrogen-bond donors (Lipinski definition) is 1. The molecule has 1 nitrogen and oxygen atoms in total. The molecule has 2 heteroatoms. The number of aliphatic hydroxyl groups excluding tert-OH is 1.